The minimum atomic E-state index is -0.126. The van der Waals surface area contributed by atoms with E-state index in [4.69, 9.17) is 5.84 Å². The third kappa shape index (κ3) is 2.77. The van der Waals surface area contributed by atoms with Crippen molar-refractivity contribution in [1.82, 2.24) is 15.2 Å². The molecule has 0 aliphatic rings. The minimum absolute atomic E-state index is 0.126. The van der Waals surface area contributed by atoms with E-state index >= 15 is 0 Å². The number of rotatable bonds is 3. The van der Waals surface area contributed by atoms with Crippen molar-refractivity contribution >= 4 is 31.9 Å². The molecule has 0 radical (unpaired) electrons. The van der Waals surface area contributed by atoms with Crippen LogP contribution in [0.4, 0.5) is 0 Å². The molecule has 0 aliphatic carbocycles. The molecule has 1 atom stereocenters. The van der Waals surface area contributed by atoms with Gasteiger partial charge < -0.3 is 0 Å². The van der Waals surface area contributed by atoms with Crippen LogP contribution in [0.5, 0.6) is 0 Å². The molecule has 0 aliphatic heterocycles. The number of hydrogen-bond acceptors (Lipinski definition) is 3. The van der Waals surface area contributed by atoms with Gasteiger partial charge in [-0.2, -0.15) is 5.10 Å². The van der Waals surface area contributed by atoms with Crippen molar-refractivity contribution in [2.24, 2.45) is 12.9 Å². The van der Waals surface area contributed by atoms with Crippen LogP contribution in [0.25, 0.3) is 0 Å². The summed E-state index contributed by atoms with van der Waals surface area (Å²) in [7, 11) is 1.88. The van der Waals surface area contributed by atoms with Gasteiger partial charge in [-0.1, -0.05) is 37.9 Å². The number of hydrazine groups is 1. The summed E-state index contributed by atoms with van der Waals surface area (Å²) in [5.74, 6) is 5.62. The third-order valence-corrected chi connectivity index (χ3v) is 3.65. The Hall–Kier alpha value is -0.690. The summed E-state index contributed by atoms with van der Waals surface area (Å²) in [5, 5.41) is 4.36. The van der Waals surface area contributed by atoms with Crippen molar-refractivity contribution in [3.8, 4) is 0 Å². The number of nitrogens with two attached hydrogens (primary N) is 1. The Morgan fingerprint density at radius 1 is 1.35 bits per heavy atom. The summed E-state index contributed by atoms with van der Waals surface area (Å²) in [6.07, 6.45) is 1.90. The van der Waals surface area contributed by atoms with Gasteiger partial charge in [0.25, 0.3) is 0 Å². The molecule has 1 aromatic carbocycles. The Bertz CT molecular complexity index is 524. The number of nitrogens with one attached hydrogen (secondary N) is 1. The van der Waals surface area contributed by atoms with Crippen LogP contribution in [0.15, 0.2) is 39.4 Å². The van der Waals surface area contributed by atoms with E-state index in [0.717, 1.165) is 20.2 Å². The Labute approximate surface area is 116 Å². The van der Waals surface area contributed by atoms with Gasteiger partial charge in [0.05, 0.1) is 11.7 Å². The number of halogens is 2. The van der Waals surface area contributed by atoms with Gasteiger partial charge in [0.1, 0.15) is 0 Å². The summed E-state index contributed by atoms with van der Waals surface area (Å²) < 4.78 is 3.76. The fourth-order valence-electron chi connectivity index (χ4n) is 1.66. The molecule has 0 spiro atoms. The van der Waals surface area contributed by atoms with Gasteiger partial charge in [0, 0.05) is 22.2 Å². The van der Waals surface area contributed by atoms with E-state index in [9.17, 15) is 0 Å². The Kier molecular flexibility index (Phi) is 3.98. The van der Waals surface area contributed by atoms with Crippen molar-refractivity contribution in [2.75, 3.05) is 0 Å². The first kappa shape index (κ1) is 12.8. The first-order chi connectivity index (χ1) is 8.11. The lowest BCUT2D eigenvalue weighted by molar-refractivity contribution is 0.601. The van der Waals surface area contributed by atoms with Crippen LogP contribution in [-0.4, -0.2) is 9.78 Å². The van der Waals surface area contributed by atoms with Crippen LogP contribution in [0.1, 0.15) is 17.3 Å². The van der Waals surface area contributed by atoms with Crippen LogP contribution in [0, 0.1) is 0 Å². The van der Waals surface area contributed by atoms with Crippen LogP contribution in [0.2, 0.25) is 0 Å². The molecule has 1 aromatic heterocycles. The van der Waals surface area contributed by atoms with E-state index in [1.165, 1.54) is 0 Å². The van der Waals surface area contributed by atoms with Gasteiger partial charge in [-0.25, -0.2) is 5.43 Å². The van der Waals surface area contributed by atoms with E-state index < -0.39 is 0 Å². The number of aromatic nitrogens is 2. The standard InChI is InChI=1S/C11H12Br2N4/c1-17-5-4-10(16-17)11(15-14)8-3-2-7(12)6-9(8)13/h2-6,11,15H,14H2,1H3. The van der Waals surface area contributed by atoms with Crippen molar-refractivity contribution in [1.29, 1.82) is 0 Å². The lowest BCUT2D eigenvalue weighted by atomic mass is 10.1. The molecule has 0 saturated carbocycles. The van der Waals surface area contributed by atoms with E-state index in [2.05, 4.69) is 42.4 Å². The van der Waals surface area contributed by atoms with Gasteiger partial charge in [-0.15, -0.1) is 0 Å². The summed E-state index contributed by atoms with van der Waals surface area (Å²) in [6, 6.07) is 7.79. The lowest BCUT2D eigenvalue weighted by Crippen LogP contribution is -2.29. The van der Waals surface area contributed by atoms with Crippen LogP contribution < -0.4 is 11.3 Å². The predicted octanol–water partition coefficient (Wildman–Crippen LogP) is 2.50. The molecule has 1 heterocycles. The monoisotopic (exact) mass is 358 g/mol. The second-order valence-corrected chi connectivity index (χ2v) is 5.45. The quantitative estimate of drug-likeness (QED) is 0.654. The molecule has 0 amide bonds. The summed E-state index contributed by atoms with van der Waals surface area (Å²) >= 11 is 6.96. The first-order valence-electron chi connectivity index (χ1n) is 5.02. The normalized spacial score (nSPS) is 12.7. The zero-order chi connectivity index (χ0) is 12.4. The summed E-state index contributed by atoms with van der Waals surface area (Å²) in [4.78, 5) is 0. The van der Waals surface area contributed by atoms with Crippen LogP contribution in [-0.2, 0) is 7.05 Å². The van der Waals surface area contributed by atoms with Gasteiger partial charge in [0.15, 0.2) is 0 Å². The average Bonchev–Trinajstić information content (AvgIpc) is 2.69. The molecule has 0 fully saturated rings. The van der Waals surface area contributed by atoms with Gasteiger partial charge in [-0.3, -0.25) is 10.5 Å². The highest BCUT2D eigenvalue weighted by molar-refractivity contribution is 9.11. The number of benzene rings is 1. The summed E-state index contributed by atoms with van der Waals surface area (Å²) in [6.45, 7) is 0. The Morgan fingerprint density at radius 3 is 2.65 bits per heavy atom. The van der Waals surface area contributed by atoms with E-state index in [1.54, 1.807) is 4.68 Å². The van der Waals surface area contributed by atoms with Crippen molar-refractivity contribution in [3.63, 3.8) is 0 Å². The first-order valence-corrected chi connectivity index (χ1v) is 6.61. The van der Waals surface area contributed by atoms with Crippen molar-refractivity contribution < 1.29 is 0 Å². The van der Waals surface area contributed by atoms with Crippen molar-refractivity contribution in [2.45, 2.75) is 6.04 Å². The fraction of sp³-hybridized carbons (Fsp3) is 0.182. The fourth-order valence-corrected chi connectivity index (χ4v) is 2.93. The largest absolute Gasteiger partial charge is 0.275 e. The summed E-state index contributed by atoms with van der Waals surface area (Å²) in [5.41, 5.74) is 4.72. The molecule has 0 saturated heterocycles. The van der Waals surface area contributed by atoms with Gasteiger partial charge in [0.2, 0.25) is 0 Å². The lowest BCUT2D eigenvalue weighted by Gasteiger charge is -2.15. The molecular weight excluding hydrogens is 348 g/mol. The number of aryl methyl sites for hydroxylation is 1. The Balaban J connectivity index is 2.42. The Morgan fingerprint density at radius 2 is 2.12 bits per heavy atom. The van der Waals surface area contributed by atoms with E-state index in [0.29, 0.717) is 0 Å². The molecule has 2 aromatic rings. The maximum absolute atomic E-state index is 5.62. The highest BCUT2D eigenvalue weighted by Gasteiger charge is 2.17. The van der Waals surface area contributed by atoms with E-state index in [1.807, 2.05) is 37.5 Å². The topological polar surface area (TPSA) is 55.9 Å². The zero-order valence-electron chi connectivity index (χ0n) is 9.19. The van der Waals surface area contributed by atoms with Crippen LogP contribution in [0.3, 0.4) is 0 Å². The van der Waals surface area contributed by atoms with Gasteiger partial charge in [-0.05, 0) is 23.8 Å². The SMILES string of the molecule is Cn1ccc(C(NN)c2ccc(Br)cc2Br)n1. The maximum atomic E-state index is 5.62. The minimum Gasteiger partial charge on any atom is -0.275 e. The van der Waals surface area contributed by atoms with Crippen LogP contribution >= 0.6 is 31.9 Å². The highest BCUT2D eigenvalue weighted by atomic mass is 79.9. The molecule has 6 heteroatoms. The van der Waals surface area contributed by atoms with Gasteiger partial charge >= 0.3 is 0 Å². The second-order valence-electron chi connectivity index (χ2n) is 3.68. The molecule has 4 nitrogen and oxygen atoms in total. The molecule has 0 bridgehead atoms. The highest BCUT2D eigenvalue weighted by Crippen LogP contribution is 2.29. The van der Waals surface area contributed by atoms with E-state index in [-0.39, 0.29) is 6.04 Å². The second kappa shape index (κ2) is 5.30. The smallest absolute Gasteiger partial charge is 0.0910 e. The molecule has 17 heavy (non-hydrogen) atoms. The third-order valence-electron chi connectivity index (χ3n) is 2.47. The van der Waals surface area contributed by atoms with Crippen molar-refractivity contribution in [3.05, 3.63) is 50.7 Å². The number of hydrogen-bond donors (Lipinski definition) is 2. The average molecular weight is 360 g/mol. The molecule has 2 rings (SSSR count). The molecule has 1 unspecified atom stereocenters. The zero-order valence-corrected chi connectivity index (χ0v) is 12.4. The molecular formula is C11H12Br2N4. The predicted molar refractivity (Wildman–Crippen MR) is 74.2 cm³/mol. The maximum Gasteiger partial charge on any atom is 0.0910 e. The molecule has 90 valence electrons. The molecule has 3 N–H and O–H groups in total. The number of nitrogens with zero attached hydrogens (tertiary/aromatic N) is 2.